The van der Waals surface area contributed by atoms with E-state index in [2.05, 4.69) is 4.72 Å². The van der Waals surface area contributed by atoms with Crippen LogP contribution in [0.3, 0.4) is 0 Å². The second kappa shape index (κ2) is 6.01. The zero-order chi connectivity index (χ0) is 14.9. The van der Waals surface area contributed by atoms with Gasteiger partial charge in [-0.3, -0.25) is 9.52 Å². The number of benzene rings is 1. The lowest BCUT2D eigenvalue weighted by atomic mass is 10.0. The van der Waals surface area contributed by atoms with Gasteiger partial charge in [-0.15, -0.1) is 11.8 Å². The van der Waals surface area contributed by atoms with Crippen molar-refractivity contribution in [2.24, 2.45) is 5.92 Å². The van der Waals surface area contributed by atoms with Crippen molar-refractivity contribution in [2.45, 2.75) is 36.5 Å². The van der Waals surface area contributed by atoms with E-state index in [1.54, 1.807) is 11.8 Å². The maximum atomic E-state index is 12.3. The number of sulfonamides is 1. The molecule has 1 atom stereocenters. The average Bonchev–Trinajstić information content (AvgIpc) is 3.06. The van der Waals surface area contributed by atoms with Crippen LogP contribution in [0.1, 0.15) is 37.2 Å². The van der Waals surface area contributed by atoms with Crippen LogP contribution < -0.4 is 4.72 Å². The molecular weight excluding hydrogens is 306 g/mol. The van der Waals surface area contributed by atoms with Crippen LogP contribution in [0.25, 0.3) is 0 Å². The van der Waals surface area contributed by atoms with Crippen molar-refractivity contribution in [3.63, 3.8) is 0 Å². The molecule has 1 aromatic carbocycles. The highest BCUT2D eigenvalue weighted by molar-refractivity contribution is 7.99. The van der Waals surface area contributed by atoms with Crippen LogP contribution in [0.15, 0.2) is 29.2 Å². The summed E-state index contributed by atoms with van der Waals surface area (Å²) < 4.78 is 26.5. The third-order valence-corrected chi connectivity index (χ3v) is 6.81. The highest BCUT2D eigenvalue weighted by Gasteiger charge is 2.32. The minimum atomic E-state index is -3.51. The Hall–Kier alpha value is -1.01. The molecule has 1 aromatic rings. The highest BCUT2D eigenvalue weighted by Crippen LogP contribution is 2.39. The molecule has 0 aromatic heterocycles. The first-order valence-electron chi connectivity index (χ1n) is 7.31. The molecule has 0 spiro atoms. The van der Waals surface area contributed by atoms with Crippen LogP contribution in [0.4, 0.5) is 0 Å². The maximum Gasteiger partial charge on any atom is 0.241 e. The summed E-state index contributed by atoms with van der Waals surface area (Å²) >= 11 is 1.61. The quantitative estimate of drug-likeness (QED) is 0.924. The van der Waals surface area contributed by atoms with E-state index in [9.17, 15) is 13.2 Å². The number of amides is 1. The van der Waals surface area contributed by atoms with Gasteiger partial charge in [-0.25, -0.2) is 8.42 Å². The lowest BCUT2D eigenvalue weighted by Gasteiger charge is -2.14. The van der Waals surface area contributed by atoms with Gasteiger partial charge < -0.3 is 0 Å². The van der Waals surface area contributed by atoms with E-state index in [4.69, 9.17) is 0 Å². The fourth-order valence-corrected chi connectivity index (χ4v) is 5.85. The first-order valence-corrected chi connectivity index (χ1v) is 9.95. The lowest BCUT2D eigenvalue weighted by Crippen LogP contribution is -2.37. The zero-order valence-corrected chi connectivity index (χ0v) is 13.4. The molecule has 1 N–H and O–H groups in total. The summed E-state index contributed by atoms with van der Waals surface area (Å²) in [4.78, 5) is 13.4. The van der Waals surface area contributed by atoms with Crippen molar-refractivity contribution in [2.75, 3.05) is 11.5 Å². The number of hydrogen-bond acceptors (Lipinski definition) is 4. The molecule has 1 amide bonds. The number of carbonyl (C=O) groups excluding carboxylic acids is 1. The van der Waals surface area contributed by atoms with E-state index in [0.29, 0.717) is 5.75 Å². The topological polar surface area (TPSA) is 63.2 Å². The van der Waals surface area contributed by atoms with Gasteiger partial charge in [0, 0.05) is 10.6 Å². The van der Waals surface area contributed by atoms with Gasteiger partial charge in [0.2, 0.25) is 15.9 Å². The maximum absolute atomic E-state index is 12.3. The van der Waals surface area contributed by atoms with Crippen LogP contribution in [-0.2, 0) is 14.8 Å². The van der Waals surface area contributed by atoms with Gasteiger partial charge in [0.25, 0.3) is 0 Å². The van der Waals surface area contributed by atoms with Crippen molar-refractivity contribution < 1.29 is 13.2 Å². The Bertz CT molecular complexity index is 636. The predicted molar refractivity (Wildman–Crippen MR) is 83.8 cm³/mol. The third kappa shape index (κ3) is 3.43. The highest BCUT2D eigenvalue weighted by atomic mass is 32.2. The molecule has 1 aliphatic heterocycles. The van der Waals surface area contributed by atoms with Gasteiger partial charge in [0.05, 0.1) is 11.7 Å². The molecule has 1 aliphatic carbocycles. The summed E-state index contributed by atoms with van der Waals surface area (Å²) in [6, 6.07) is 7.70. The van der Waals surface area contributed by atoms with Crippen molar-refractivity contribution >= 4 is 27.7 Å². The normalized spacial score (nSPS) is 22.2. The fraction of sp³-hybridized carbons (Fsp3) is 0.533. The summed E-state index contributed by atoms with van der Waals surface area (Å²) in [7, 11) is -3.51. The number of hydrogen-bond donors (Lipinski definition) is 1. The Morgan fingerprint density at radius 1 is 1.24 bits per heavy atom. The molecule has 6 heteroatoms. The van der Waals surface area contributed by atoms with E-state index in [0.717, 1.165) is 36.1 Å². The SMILES string of the molecule is O=C(NS(=O)(=O)CC1CCCC1)[C@@H]1CSc2ccccc21. The zero-order valence-electron chi connectivity index (χ0n) is 11.7. The van der Waals surface area contributed by atoms with Crippen LogP contribution in [0.2, 0.25) is 0 Å². The Labute approximate surface area is 129 Å². The Kier molecular flexibility index (Phi) is 4.26. The first-order chi connectivity index (χ1) is 10.1. The van der Waals surface area contributed by atoms with Crippen molar-refractivity contribution in [3.8, 4) is 0 Å². The van der Waals surface area contributed by atoms with Crippen molar-refractivity contribution in [3.05, 3.63) is 29.8 Å². The summed E-state index contributed by atoms with van der Waals surface area (Å²) in [5, 5.41) is 0. The molecule has 1 fully saturated rings. The molecule has 0 bridgehead atoms. The smallest absolute Gasteiger partial charge is 0.241 e. The Morgan fingerprint density at radius 2 is 1.95 bits per heavy atom. The molecule has 1 heterocycles. The van der Waals surface area contributed by atoms with E-state index in [-0.39, 0.29) is 23.5 Å². The molecular formula is C15H19NO3S2. The molecule has 114 valence electrons. The van der Waals surface area contributed by atoms with Crippen LogP contribution in [0, 0.1) is 5.92 Å². The second-order valence-corrected chi connectivity index (χ2v) is 8.63. The van der Waals surface area contributed by atoms with Crippen LogP contribution in [-0.4, -0.2) is 25.8 Å². The number of carbonyl (C=O) groups is 1. The van der Waals surface area contributed by atoms with Gasteiger partial charge in [-0.1, -0.05) is 31.0 Å². The van der Waals surface area contributed by atoms with Crippen LogP contribution >= 0.6 is 11.8 Å². The van der Waals surface area contributed by atoms with E-state index in [1.807, 2.05) is 24.3 Å². The first kappa shape index (κ1) is 14.9. The van der Waals surface area contributed by atoms with E-state index < -0.39 is 10.0 Å². The molecule has 0 saturated heterocycles. The van der Waals surface area contributed by atoms with Gasteiger partial charge in [-0.05, 0) is 30.4 Å². The number of fused-ring (bicyclic) bond motifs is 1. The third-order valence-electron chi connectivity index (χ3n) is 4.20. The van der Waals surface area contributed by atoms with Gasteiger partial charge in [0.15, 0.2) is 0 Å². The summed E-state index contributed by atoms with van der Waals surface area (Å²) in [5.41, 5.74) is 0.941. The molecule has 2 aliphatic rings. The average molecular weight is 325 g/mol. The molecule has 4 nitrogen and oxygen atoms in total. The second-order valence-electron chi connectivity index (χ2n) is 5.80. The lowest BCUT2D eigenvalue weighted by molar-refractivity contribution is -0.120. The summed E-state index contributed by atoms with van der Waals surface area (Å²) in [6.07, 6.45) is 4.11. The Balaban J connectivity index is 1.66. The Morgan fingerprint density at radius 3 is 2.71 bits per heavy atom. The van der Waals surface area contributed by atoms with E-state index >= 15 is 0 Å². The molecule has 3 rings (SSSR count). The van der Waals surface area contributed by atoms with E-state index in [1.165, 1.54) is 0 Å². The molecule has 1 saturated carbocycles. The fourth-order valence-electron chi connectivity index (χ4n) is 3.13. The standard InChI is InChI=1S/C15H19NO3S2/c17-15(13-9-20-14-8-4-3-7-12(13)14)16-21(18,19)10-11-5-1-2-6-11/h3-4,7-8,11,13H,1-2,5-6,9-10H2,(H,16,17)/t13-/m1/s1. The number of nitrogens with one attached hydrogen (secondary N) is 1. The van der Waals surface area contributed by atoms with Gasteiger partial charge in [-0.2, -0.15) is 0 Å². The molecule has 0 unspecified atom stereocenters. The summed E-state index contributed by atoms with van der Waals surface area (Å²) in [5.74, 6) is 0.167. The van der Waals surface area contributed by atoms with Crippen molar-refractivity contribution in [1.82, 2.24) is 4.72 Å². The minimum Gasteiger partial charge on any atom is -0.273 e. The minimum absolute atomic E-state index is 0.0836. The van der Waals surface area contributed by atoms with Crippen molar-refractivity contribution in [1.29, 1.82) is 0 Å². The molecule has 0 radical (unpaired) electrons. The van der Waals surface area contributed by atoms with Gasteiger partial charge >= 0.3 is 0 Å². The molecule has 21 heavy (non-hydrogen) atoms. The monoisotopic (exact) mass is 325 g/mol. The number of rotatable bonds is 4. The largest absolute Gasteiger partial charge is 0.273 e. The van der Waals surface area contributed by atoms with Gasteiger partial charge in [0.1, 0.15) is 0 Å². The summed E-state index contributed by atoms with van der Waals surface area (Å²) in [6.45, 7) is 0. The predicted octanol–water partition coefficient (Wildman–Crippen LogP) is 2.51. The van der Waals surface area contributed by atoms with Crippen LogP contribution in [0.5, 0.6) is 0 Å². The number of thioether (sulfide) groups is 1.